The molecule has 1 heterocycles. The molecule has 0 radical (unpaired) electrons. The van der Waals surface area contributed by atoms with Gasteiger partial charge in [0.1, 0.15) is 12.4 Å². The second-order valence-electron chi connectivity index (χ2n) is 9.07. The van der Waals surface area contributed by atoms with Crippen molar-refractivity contribution in [1.82, 2.24) is 4.98 Å². The number of esters is 1. The zero-order valence-corrected chi connectivity index (χ0v) is 22.6. The lowest BCUT2D eigenvalue weighted by molar-refractivity contribution is -0.140. The first-order chi connectivity index (χ1) is 18.1. The van der Waals surface area contributed by atoms with Crippen molar-refractivity contribution in [1.29, 1.82) is 0 Å². The first-order valence-corrected chi connectivity index (χ1v) is 13.6. The van der Waals surface area contributed by atoms with E-state index in [-0.39, 0.29) is 5.97 Å². The van der Waals surface area contributed by atoms with Crippen molar-refractivity contribution in [2.24, 2.45) is 0 Å². The molecule has 0 aliphatic rings. The van der Waals surface area contributed by atoms with Gasteiger partial charge in [-0.25, -0.2) is 4.98 Å². The molecule has 37 heavy (non-hydrogen) atoms. The molecule has 0 unspecified atom stereocenters. The summed E-state index contributed by atoms with van der Waals surface area (Å²) < 4.78 is 10.8. The summed E-state index contributed by atoms with van der Waals surface area (Å²) in [6.45, 7) is 6.53. The van der Waals surface area contributed by atoms with E-state index >= 15 is 0 Å². The summed E-state index contributed by atoms with van der Waals surface area (Å²) in [5.74, 6) is 0.639. The van der Waals surface area contributed by atoms with E-state index in [1.165, 1.54) is 12.7 Å². The number of rotatable bonds is 12. The number of methoxy groups -OCH3 is 1. The van der Waals surface area contributed by atoms with Crippen LogP contribution in [0.25, 0.3) is 11.3 Å². The van der Waals surface area contributed by atoms with E-state index in [0.29, 0.717) is 19.4 Å². The van der Waals surface area contributed by atoms with Gasteiger partial charge in [0.05, 0.1) is 12.8 Å². The first kappa shape index (κ1) is 26.4. The Hall–Kier alpha value is -3.64. The number of aromatic nitrogens is 1. The SMILES string of the molecule is CCCN(Cc1ccc(COc2ccc(CCC(=O)OC)c(C)c2)cc1)c1nc(-c2ccccc2)cs1. The van der Waals surface area contributed by atoms with Gasteiger partial charge < -0.3 is 14.4 Å². The van der Waals surface area contributed by atoms with Gasteiger partial charge in [0.25, 0.3) is 0 Å². The molecule has 0 aliphatic carbocycles. The van der Waals surface area contributed by atoms with Crippen LogP contribution in [0.3, 0.4) is 0 Å². The lowest BCUT2D eigenvalue weighted by Gasteiger charge is -2.21. The molecule has 0 amide bonds. The van der Waals surface area contributed by atoms with Gasteiger partial charge in [0.2, 0.25) is 0 Å². The Morgan fingerprint density at radius 3 is 2.46 bits per heavy atom. The third-order valence-electron chi connectivity index (χ3n) is 6.27. The Bertz CT molecular complexity index is 1290. The molecule has 1 aromatic heterocycles. The molecule has 6 heteroatoms. The van der Waals surface area contributed by atoms with Gasteiger partial charge in [0.15, 0.2) is 5.13 Å². The Morgan fingerprint density at radius 2 is 1.76 bits per heavy atom. The second-order valence-corrected chi connectivity index (χ2v) is 9.91. The van der Waals surface area contributed by atoms with E-state index in [9.17, 15) is 4.79 Å². The quantitative estimate of drug-likeness (QED) is 0.187. The molecule has 0 saturated heterocycles. The van der Waals surface area contributed by atoms with Crippen LogP contribution in [-0.4, -0.2) is 24.6 Å². The van der Waals surface area contributed by atoms with Crippen molar-refractivity contribution in [2.75, 3.05) is 18.6 Å². The fraction of sp³-hybridized carbons (Fsp3) is 0.290. The molecule has 0 fully saturated rings. The van der Waals surface area contributed by atoms with Gasteiger partial charge >= 0.3 is 5.97 Å². The summed E-state index contributed by atoms with van der Waals surface area (Å²) in [7, 11) is 1.42. The van der Waals surface area contributed by atoms with E-state index in [4.69, 9.17) is 14.5 Å². The highest BCUT2D eigenvalue weighted by Gasteiger charge is 2.13. The molecule has 0 atom stereocenters. The van der Waals surface area contributed by atoms with Crippen molar-refractivity contribution in [3.05, 3.63) is 100 Å². The van der Waals surface area contributed by atoms with Crippen LogP contribution in [0.15, 0.2) is 78.2 Å². The van der Waals surface area contributed by atoms with Gasteiger partial charge in [-0.05, 0) is 54.2 Å². The zero-order chi connectivity index (χ0) is 26.0. The van der Waals surface area contributed by atoms with E-state index in [1.54, 1.807) is 11.3 Å². The van der Waals surface area contributed by atoms with Crippen LogP contribution in [0.2, 0.25) is 0 Å². The Morgan fingerprint density at radius 1 is 1.00 bits per heavy atom. The first-order valence-electron chi connectivity index (χ1n) is 12.7. The molecular formula is C31H34N2O3S. The number of ether oxygens (including phenoxy) is 2. The summed E-state index contributed by atoms with van der Waals surface area (Å²) in [6, 6.07) is 25.0. The van der Waals surface area contributed by atoms with Gasteiger partial charge in [-0.15, -0.1) is 11.3 Å². The topological polar surface area (TPSA) is 51.7 Å². The molecule has 192 valence electrons. The summed E-state index contributed by atoms with van der Waals surface area (Å²) in [4.78, 5) is 18.7. The summed E-state index contributed by atoms with van der Waals surface area (Å²) in [5, 5.41) is 3.19. The van der Waals surface area contributed by atoms with Gasteiger partial charge in [-0.1, -0.05) is 67.6 Å². The highest BCUT2D eigenvalue weighted by atomic mass is 32.1. The molecule has 0 aliphatic heterocycles. The lowest BCUT2D eigenvalue weighted by atomic mass is 10.0. The minimum Gasteiger partial charge on any atom is -0.489 e. The van der Waals surface area contributed by atoms with Crippen molar-refractivity contribution >= 4 is 22.4 Å². The number of benzene rings is 3. The molecule has 0 N–H and O–H groups in total. The fourth-order valence-corrected chi connectivity index (χ4v) is 5.03. The monoisotopic (exact) mass is 514 g/mol. The largest absolute Gasteiger partial charge is 0.489 e. The van der Waals surface area contributed by atoms with Crippen molar-refractivity contribution in [3.8, 4) is 17.0 Å². The van der Waals surface area contributed by atoms with Crippen LogP contribution in [0.4, 0.5) is 5.13 Å². The normalized spacial score (nSPS) is 10.8. The molecule has 4 rings (SSSR count). The van der Waals surface area contributed by atoms with Gasteiger partial charge in [-0.2, -0.15) is 0 Å². The van der Waals surface area contributed by atoms with E-state index < -0.39 is 0 Å². The summed E-state index contributed by atoms with van der Waals surface area (Å²) >= 11 is 1.70. The van der Waals surface area contributed by atoms with E-state index in [1.807, 2.05) is 43.3 Å². The predicted molar refractivity (Wildman–Crippen MR) is 151 cm³/mol. The molecular weight excluding hydrogens is 480 g/mol. The lowest BCUT2D eigenvalue weighted by Crippen LogP contribution is -2.23. The number of nitrogens with zero attached hydrogens (tertiary/aromatic N) is 2. The van der Waals surface area contributed by atoms with Crippen LogP contribution in [0.1, 0.15) is 42.0 Å². The highest BCUT2D eigenvalue weighted by molar-refractivity contribution is 7.14. The Balaban J connectivity index is 1.34. The summed E-state index contributed by atoms with van der Waals surface area (Å²) in [6.07, 6.45) is 2.12. The number of carbonyl (C=O) groups excluding carboxylic acids is 1. The van der Waals surface area contributed by atoms with Crippen molar-refractivity contribution < 1.29 is 14.3 Å². The smallest absolute Gasteiger partial charge is 0.305 e. The average molecular weight is 515 g/mol. The Kier molecular flexibility index (Phi) is 9.33. The van der Waals surface area contributed by atoms with Crippen molar-refractivity contribution in [3.63, 3.8) is 0 Å². The fourth-order valence-electron chi connectivity index (χ4n) is 4.17. The minimum absolute atomic E-state index is 0.190. The van der Waals surface area contributed by atoms with E-state index in [2.05, 4.69) is 53.6 Å². The van der Waals surface area contributed by atoms with Gasteiger partial charge in [-0.3, -0.25) is 4.79 Å². The maximum Gasteiger partial charge on any atom is 0.305 e. The average Bonchev–Trinajstić information content (AvgIpc) is 3.42. The number of aryl methyl sites for hydroxylation is 2. The molecule has 0 saturated carbocycles. The molecule has 4 aromatic rings. The molecule has 5 nitrogen and oxygen atoms in total. The minimum atomic E-state index is -0.190. The summed E-state index contributed by atoms with van der Waals surface area (Å²) in [5.41, 5.74) is 6.80. The van der Waals surface area contributed by atoms with Gasteiger partial charge in [0, 0.05) is 30.5 Å². The van der Waals surface area contributed by atoms with Crippen LogP contribution < -0.4 is 9.64 Å². The van der Waals surface area contributed by atoms with Crippen LogP contribution in [0, 0.1) is 6.92 Å². The predicted octanol–water partition coefficient (Wildman–Crippen LogP) is 7.22. The Labute approximate surface area is 223 Å². The maximum atomic E-state index is 11.4. The molecule has 0 bridgehead atoms. The molecule has 3 aromatic carbocycles. The number of hydrogen-bond acceptors (Lipinski definition) is 6. The second kappa shape index (κ2) is 13.1. The number of thiazole rings is 1. The van der Waals surface area contributed by atoms with Crippen LogP contribution in [0.5, 0.6) is 5.75 Å². The van der Waals surface area contributed by atoms with Crippen molar-refractivity contribution in [2.45, 2.75) is 46.3 Å². The zero-order valence-electron chi connectivity index (χ0n) is 21.8. The highest BCUT2D eigenvalue weighted by Crippen LogP contribution is 2.28. The third kappa shape index (κ3) is 7.43. The molecule has 0 spiro atoms. The van der Waals surface area contributed by atoms with Crippen LogP contribution >= 0.6 is 11.3 Å². The van der Waals surface area contributed by atoms with Crippen LogP contribution in [-0.2, 0) is 29.1 Å². The number of hydrogen-bond donors (Lipinski definition) is 0. The van der Waals surface area contributed by atoms with E-state index in [0.717, 1.165) is 58.3 Å². The standard InChI is InChI=1S/C31H34N2O3S/c1-4-18-33(31-32-29(22-37-31)27-8-6-5-7-9-27)20-24-10-12-25(13-11-24)21-36-28-16-14-26(23(2)19-28)15-17-30(34)35-3/h5-14,16,19,22H,4,15,17-18,20-21H2,1-3H3. The number of anilines is 1. The third-order valence-corrected chi connectivity index (χ3v) is 7.17. The maximum absolute atomic E-state index is 11.4. The number of carbonyl (C=O) groups is 1.